The smallest absolute Gasteiger partial charge is 0.404 e. The summed E-state index contributed by atoms with van der Waals surface area (Å²) < 4.78 is 62.9. The molecule has 0 aliphatic carbocycles. The van der Waals surface area contributed by atoms with E-state index in [0.717, 1.165) is 6.07 Å². The fourth-order valence-corrected chi connectivity index (χ4v) is 5.84. The molecule has 3 saturated heterocycles. The first-order valence-electron chi connectivity index (χ1n) is 12.3. The number of benzene rings is 2. The second-order valence-corrected chi connectivity index (χ2v) is 9.93. The van der Waals surface area contributed by atoms with Gasteiger partial charge in [-0.15, -0.1) is 13.2 Å². The Bertz CT molecular complexity index is 1460. The number of hydrogen-bond donors (Lipinski definition) is 2. The molecule has 12 heteroatoms. The monoisotopic (exact) mass is 543 g/mol. The summed E-state index contributed by atoms with van der Waals surface area (Å²) in [5.74, 6) is -2.05. The van der Waals surface area contributed by atoms with Gasteiger partial charge in [0.1, 0.15) is 19.0 Å². The van der Waals surface area contributed by atoms with Gasteiger partial charge >= 0.3 is 6.36 Å². The highest BCUT2D eigenvalue weighted by atomic mass is 19.4. The van der Waals surface area contributed by atoms with Crippen molar-refractivity contribution in [3.8, 4) is 17.0 Å². The van der Waals surface area contributed by atoms with Crippen LogP contribution in [-0.4, -0.2) is 65.0 Å². The highest BCUT2D eigenvalue weighted by Gasteiger charge is 2.85. The van der Waals surface area contributed by atoms with Gasteiger partial charge in [0.05, 0.1) is 16.9 Å². The van der Waals surface area contributed by atoms with Crippen LogP contribution in [0.1, 0.15) is 17.3 Å². The molecule has 5 unspecified atom stereocenters. The number of halogens is 4. The van der Waals surface area contributed by atoms with Crippen molar-refractivity contribution in [2.75, 3.05) is 23.8 Å². The zero-order valence-corrected chi connectivity index (χ0v) is 20.5. The van der Waals surface area contributed by atoms with E-state index in [4.69, 9.17) is 4.74 Å². The molecule has 0 radical (unpaired) electrons. The Hall–Kier alpha value is -4.03. The molecule has 4 heterocycles. The van der Waals surface area contributed by atoms with E-state index in [-0.39, 0.29) is 35.1 Å². The van der Waals surface area contributed by atoms with E-state index >= 15 is 0 Å². The maximum Gasteiger partial charge on any atom is 0.573 e. The Balaban J connectivity index is 1.18. The fourth-order valence-electron chi connectivity index (χ4n) is 5.84. The number of carbonyl (C=O) groups is 2. The van der Waals surface area contributed by atoms with Gasteiger partial charge in [-0.25, -0.2) is 4.39 Å². The predicted molar refractivity (Wildman–Crippen MR) is 131 cm³/mol. The molecule has 0 bridgehead atoms. The number of hydrogen-bond acceptors (Lipinski definition) is 5. The normalized spacial score (nSPS) is 25.2. The number of nitrogens with one attached hydrogen (secondary N) is 2. The quantitative estimate of drug-likeness (QED) is 0.263. The number of aromatic nitrogens is 1. The van der Waals surface area contributed by atoms with Crippen LogP contribution in [0.3, 0.4) is 0 Å². The van der Waals surface area contributed by atoms with E-state index in [1.54, 1.807) is 25.1 Å². The largest absolute Gasteiger partial charge is 0.573 e. The number of morpholine rings is 2. The molecule has 0 saturated carbocycles. The van der Waals surface area contributed by atoms with E-state index < -0.39 is 35.8 Å². The first-order chi connectivity index (χ1) is 18.5. The zero-order chi connectivity index (χ0) is 27.5. The average molecular weight is 543 g/mol. The van der Waals surface area contributed by atoms with Crippen molar-refractivity contribution >= 4 is 23.2 Å². The van der Waals surface area contributed by atoms with E-state index in [1.165, 1.54) is 36.5 Å². The molecule has 3 fully saturated rings. The number of quaternary nitrogens is 1. The number of rotatable bonds is 7. The maximum atomic E-state index is 13.5. The summed E-state index contributed by atoms with van der Waals surface area (Å²) in [7, 11) is 0. The molecule has 8 nitrogen and oxygen atoms in total. The van der Waals surface area contributed by atoms with Crippen LogP contribution in [0.4, 0.5) is 28.9 Å². The van der Waals surface area contributed by atoms with Gasteiger partial charge < -0.3 is 20.1 Å². The molecule has 39 heavy (non-hydrogen) atoms. The third-order valence-electron chi connectivity index (χ3n) is 7.80. The highest BCUT2D eigenvalue weighted by Crippen LogP contribution is 2.59. The molecule has 3 aromatic rings. The summed E-state index contributed by atoms with van der Waals surface area (Å²) in [6.45, 7) is 3.03. The fraction of sp³-hybridized carbons (Fsp3) is 0.296. The lowest BCUT2D eigenvalue weighted by Crippen LogP contribution is -2.62. The Kier molecular flexibility index (Phi) is 5.84. The molecule has 6 rings (SSSR count). The number of alkyl halides is 3. The highest BCUT2D eigenvalue weighted by molar-refractivity contribution is 6.05. The van der Waals surface area contributed by atoms with Crippen molar-refractivity contribution in [2.24, 2.45) is 0 Å². The van der Waals surface area contributed by atoms with E-state index in [1.807, 2.05) is 0 Å². The van der Waals surface area contributed by atoms with Gasteiger partial charge in [0.25, 0.3) is 11.8 Å². The number of fused-ring (bicyclic) bond motifs is 1. The van der Waals surface area contributed by atoms with Gasteiger partial charge in [0, 0.05) is 17.4 Å². The number of pyridine rings is 1. The van der Waals surface area contributed by atoms with Crippen molar-refractivity contribution in [3.05, 3.63) is 72.2 Å². The van der Waals surface area contributed by atoms with Crippen LogP contribution < -0.4 is 15.4 Å². The van der Waals surface area contributed by atoms with Crippen LogP contribution in [0, 0.1) is 5.82 Å². The third kappa shape index (κ3) is 4.49. The van der Waals surface area contributed by atoms with Gasteiger partial charge in [0.15, 0.2) is 30.0 Å². The van der Waals surface area contributed by atoms with E-state index in [2.05, 4.69) is 20.4 Å². The molecule has 202 valence electrons. The number of amides is 2. The molecule has 3 aliphatic heterocycles. The number of anilines is 2. The van der Waals surface area contributed by atoms with Gasteiger partial charge in [-0.1, -0.05) is 12.1 Å². The summed E-state index contributed by atoms with van der Waals surface area (Å²) in [5.41, 5.74) is 1.08. The summed E-state index contributed by atoms with van der Waals surface area (Å²) >= 11 is 0. The summed E-state index contributed by atoms with van der Waals surface area (Å²) in [6.07, 6.45) is -3.53. The standard InChI is InChI=1S/C27H22F4N4O4/c1-14(35-12-23-24(35)21(35)13-38-23)25(36)34-20-10-18(6-8-22(20)39-27(29,30)31)33-26(37)16-5-7-19(32-11-16)15-3-2-4-17(28)9-15/h2-11,14,21,23-24H,12-13H2,1H3,(H-,33,34,36,37)/p+1. The van der Waals surface area contributed by atoms with Crippen molar-refractivity contribution in [1.29, 1.82) is 0 Å². The first-order valence-corrected chi connectivity index (χ1v) is 12.3. The molecule has 2 aromatic carbocycles. The van der Waals surface area contributed by atoms with Gasteiger partial charge in [-0.3, -0.25) is 19.1 Å². The molecule has 1 aromatic heterocycles. The Morgan fingerprint density at radius 3 is 2.59 bits per heavy atom. The number of nitrogens with zero attached hydrogens (tertiary/aromatic N) is 2. The Labute approximate surface area is 220 Å². The van der Waals surface area contributed by atoms with Crippen LogP contribution in [0.25, 0.3) is 11.3 Å². The molecular formula is C27H23F4N4O4+. The van der Waals surface area contributed by atoms with E-state index in [9.17, 15) is 27.2 Å². The number of carbonyl (C=O) groups excluding carboxylic acids is 2. The summed E-state index contributed by atoms with van der Waals surface area (Å²) in [5, 5.41) is 5.16. The average Bonchev–Trinajstić information content (AvgIpc) is 3.21. The number of ether oxygens (including phenoxy) is 2. The van der Waals surface area contributed by atoms with Crippen molar-refractivity contribution in [1.82, 2.24) is 4.98 Å². The third-order valence-corrected chi connectivity index (χ3v) is 7.80. The van der Waals surface area contributed by atoms with Crippen LogP contribution in [0.2, 0.25) is 0 Å². The van der Waals surface area contributed by atoms with Crippen molar-refractivity contribution in [3.63, 3.8) is 0 Å². The van der Waals surface area contributed by atoms with Gasteiger partial charge in [0.2, 0.25) is 0 Å². The van der Waals surface area contributed by atoms with Crippen molar-refractivity contribution in [2.45, 2.75) is 37.5 Å². The van der Waals surface area contributed by atoms with Crippen LogP contribution in [0.5, 0.6) is 5.75 Å². The minimum absolute atomic E-state index is 0.139. The zero-order valence-electron chi connectivity index (χ0n) is 20.5. The maximum absolute atomic E-state index is 13.5. The van der Waals surface area contributed by atoms with E-state index in [0.29, 0.717) is 28.9 Å². The minimum atomic E-state index is -4.98. The molecular weight excluding hydrogens is 520 g/mol. The SMILES string of the molecule is CC(C(=O)Nc1cc(NC(=O)c2ccc(-c3cccc(F)c3)nc2)ccc1OC(F)(F)F)[N+]12CC3OCC1C32. The Morgan fingerprint density at radius 1 is 1.13 bits per heavy atom. The van der Waals surface area contributed by atoms with Crippen LogP contribution in [-0.2, 0) is 9.53 Å². The summed E-state index contributed by atoms with van der Waals surface area (Å²) in [4.78, 5) is 30.1. The lowest BCUT2D eigenvalue weighted by molar-refractivity contribution is -0.892. The Morgan fingerprint density at radius 2 is 1.95 bits per heavy atom. The minimum Gasteiger partial charge on any atom is -0.404 e. The predicted octanol–water partition coefficient (Wildman–Crippen LogP) is 4.35. The topological polar surface area (TPSA) is 89.6 Å². The lowest BCUT2D eigenvalue weighted by atomic mass is 10.1. The van der Waals surface area contributed by atoms with Gasteiger partial charge in [-0.2, -0.15) is 0 Å². The van der Waals surface area contributed by atoms with Crippen molar-refractivity contribution < 1.29 is 41.1 Å². The second kappa shape index (κ2) is 9.02. The molecule has 0 spiro atoms. The molecule has 3 aliphatic rings. The van der Waals surface area contributed by atoms with Gasteiger partial charge in [-0.05, 0) is 49.4 Å². The molecule has 5 atom stereocenters. The molecule has 2 N–H and O–H groups in total. The second-order valence-electron chi connectivity index (χ2n) is 9.93. The first kappa shape index (κ1) is 25.3. The van der Waals surface area contributed by atoms with Crippen LogP contribution in [0.15, 0.2) is 60.8 Å². The molecule has 2 amide bonds. The summed E-state index contributed by atoms with van der Waals surface area (Å²) in [6, 6.07) is 12.4. The lowest BCUT2D eigenvalue weighted by Gasteiger charge is -2.40. The van der Waals surface area contributed by atoms with Crippen LogP contribution >= 0.6 is 0 Å².